The molecular weight excluding hydrogens is 222 g/mol. The van der Waals surface area contributed by atoms with Crippen molar-refractivity contribution in [3.63, 3.8) is 0 Å². The van der Waals surface area contributed by atoms with Gasteiger partial charge in [0.1, 0.15) is 6.29 Å². The summed E-state index contributed by atoms with van der Waals surface area (Å²) in [7, 11) is 0. The Morgan fingerprint density at radius 3 is 2.22 bits per heavy atom. The molecule has 2 aromatic rings. The first kappa shape index (κ1) is 16.3. The Labute approximate surface area is 110 Å². The maximum atomic E-state index is 8.81. The molecule has 18 heavy (non-hydrogen) atoms. The van der Waals surface area contributed by atoms with E-state index < -0.39 is 0 Å². The highest BCUT2D eigenvalue weighted by atomic mass is 16.1. The van der Waals surface area contributed by atoms with Crippen molar-refractivity contribution in [1.29, 1.82) is 0 Å². The van der Waals surface area contributed by atoms with E-state index in [1.807, 2.05) is 13.8 Å². The number of hydrogen-bond acceptors (Lipinski definition) is 2. The molecule has 0 saturated carbocycles. The van der Waals surface area contributed by atoms with Gasteiger partial charge in [0, 0.05) is 0 Å². The summed E-state index contributed by atoms with van der Waals surface area (Å²) in [6, 6.07) is 14.8. The molecule has 0 aliphatic carbocycles. The molecule has 2 aromatic carbocycles. The lowest BCUT2D eigenvalue weighted by molar-refractivity contribution is -0.106. The van der Waals surface area contributed by atoms with Gasteiger partial charge in [-0.1, -0.05) is 56.3 Å². The lowest BCUT2D eigenvalue weighted by Crippen LogP contribution is -2.02. The molecule has 0 spiro atoms. The van der Waals surface area contributed by atoms with Crippen LogP contribution >= 0.6 is 0 Å². The van der Waals surface area contributed by atoms with E-state index in [1.165, 1.54) is 23.3 Å². The summed E-state index contributed by atoms with van der Waals surface area (Å²) in [5, 5.41) is 2.63. The normalized spacial score (nSPS) is 8.67. The van der Waals surface area contributed by atoms with Crippen LogP contribution in [0.3, 0.4) is 0 Å². The van der Waals surface area contributed by atoms with E-state index in [2.05, 4.69) is 42.5 Å². The SMILES string of the molecule is CC.CC=O.NCCc1cccc2ccccc12. The third-order valence-corrected chi connectivity index (χ3v) is 2.29. The second kappa shape index (κ2) is 10.5. The molecule has 0 amide bonds. The molecule has 0 atom stereocenters. The van der Waals surface area contributed by atoms with E-state index in [1.54, 1.807) is 0 Å². The van der Waals surface area contributed by atoms with E-state index in [9.17, 15) is 0 Å². The maximum Gasteiger partial charge on any atom is 0.116 e. The molecule has 0 saturated heterocycles. The number of rotatable bonds is 2. The Morgan fingerprint density at radius 1 is 1.06 bits per heavy atom. The molecule has 2 heteroatoms. The summed E-state index contributed by atoms with van der Waals surface area (Å²) in [6.45, 7) is 6.16. The van der Waals surface area contributed by atoms with Crippen LogP contribution in [0.4, 0.5) is 0 Å². The number of nitrogens with two attached hydrogens (primary N) is 1. The molecule has 0 aliphatic rings. The first-order chi connectivity index (χ1) is 8.83. The molecule has 2 N–H and O–H groups in total. The molecule has 0 heterocycles. The van der Waals surface area contributed by atoms with E-state index in [0.717, 1.165) is 12.7 Å². The fourth-order valence-electron chi connectivity index (χ4n) is 1.67. The van der Waals surface area contributed by atoms with Crippen molar-refractivity contribution in [3.05, 3.63) is 48.0 Å². The molecule has 0 radical (unpaired) electrons. The van der Waals surface area contributed by atoms with Crippen LogP contribution in [0.1, 0.15) is 26.3 Å². The van der Waals surface area contributed by atoms with Gasteiger partial charge in [-0.3, -0.25) is 0 Å². The smallest absolute Gasteiger partial charge is 0.116 e. The van der Waals surface area contributed by atoms with Gasteiger partial charge in [0.15, 0.2) is 0 Å². The second-order valence-electron chi connectivity index (χ2n) is 3.41. The number of fused-ring (bicyclic) bond motifs is 1. The van der Waals surface area contributed by atoms with Crippen molar-refractivity contribution < 1.29 is 4.79 Å². The molecular formula is C16H23NO. The lowest BCUT2D eigenvalue weighted by Gasteiger charge is -2.03. The molecule has 0 unspecified atom stereocenters. The maximum absolute atomic E-state index is 8.81. The van der Waals surface area contributed by atoms with Crippen molar-refractivity contribution in [2.24, 2.45) is 5.73 Å². The third kappa shape index (κ3) is 5.11. The highest BCUT2D eigenvalue weighted by molar-refractivity contribution is 5.85. The number of carbonyl (C=O) groups excluding carboxylic acids is 1. The molecule has 0 aliphatic heterocycles. The summed E-state index contributed by atoms with van der Waals surface area (Å²) in [4.78, 5) is 8.81. The topological polar surface area (TPSA) is 43.1 Å². The van der Waals surface area contributed by atoms with Gasteiger partial charge in [0.05, 0.1) is 0 Å². The first-order valence-electron chi connectivity index (χ1n) is 6.40. The van der Waals surface area contributed by atoms with Gasteiger partial charge < -0.3 is 10.5 Å². The van der Waals surface area contributed by atoms with E-state index >= 15 is 0 Å². The second-order valence-corrected chi connectivity index (χ2v) is 3.41. The standard InChI is InChI=1S/C12H13N.C2H4O.C2H6/c13-9-8-11-6-3-5-10-4-1-2-7-12(10)11;1-2-3;1-2/h1-7H,8-9,13H2;2H,1H3;1-2H3. The third-order valence-electron chi connectivity index (χ3n) is 2.29. The summed E-state index contributed by atoms with van der Waals surface area (Å²) in [6.07, 6.45) is 1.71. The van der Waals surface area contributed by atoms with Crippen molar-refractivity contribution in [2.75, 3.05) is 6.54 Å². The molecule has 2 nitrogen and oxygen atoms in total. The van der Waals surface area contributed by atoms with Crippen molar-refractivity contribution in [2.45, 2.75) is 27.2 Å². The zero-order chi connectivity index (χ0) is 13.8. The average molecular weight is 245 g/mol. The quantitative estimate of drug-likeness (QED) is 0.822. The van der Waals surface area contributed by atoms with Crippen molar-refractivity contribution >= 4 is 17.1 Å². The fraction of sp³-hybridized carbons (Fsp3) is 0.312. The highest BCUT2D eigenvalue weighted by Gasteiger charge is 1.97. The molecule has 0 fully saturated rings. The first-order valence-corrected chi connectivity index (χ1v) is 6.40. The number of aldehydes is 1. The predicted octanol–water partition coefficient (Wildman–Crippen LogP) is 3.57. The van der Waals surface area contributed by atoms with Gasteiger partial charge in [0.25, 0.3) is 0 Å². The van der Waals surface area contributed by atoms with Crippen LogP contribution in [0.2, 0.25) is 0 Å². The number of hydrogen-bond donors (Lipinski definition) is 1. The number of carbonyl (C=O) groups is 1. The Bertz CT molecular complexity index is 446. The van der Waals surface area contributed by atoms with Gasteiger partial charge >= 0.3 is 0 Å². The zero-order valence-corrected chi connectivity index (χ0v) is 11.5. The summed E-state index contributed by atoms with van der Waals surface area (Å²) >= 11 is 0. The van der Waals surface area contributed by atoms with Gasteiger partial charge in [0.2, 0.25) is 0 Å². The Kier molecular flexibility index (Phi) is 9.51. The predicted molar refractivity (Wildman–Crippen MR) is 79.8 cm³/mol. The summed E-state index contributed by atoms with van der Waals surface area (Å²) in [5.74, 6) is 0. The minimum atomic E-state index is 0.716. The highest BCUT2D eigenvalue weighted by Crippen LogP contribution is 2.18. The fourth-order valence-corrected chi connectivity index (χ4v) is 1.67. The van der Waals surface area contributed by atoms with Gasteiger partial charge in [-0.05, 0) is 36.2 Å². The van der Waals surface area contributed by atoms with E-state index in [-0.39, 0.29) is 0 Å². The lowest BCUT2D eigenvalue weighted by atomic mass is 10.0. The average Bonchev–Trinajstić information content (AvgIpc) is 2.43. The van der Waals surface area contributed by atoms with Crippen molar-refractivity contribution in [1.82, 2.24) is 0 Å². The van der Waals surface area contributed by atoms with Gasteiger partial charge in [-0.2, -0.15) is 0 Å². The number of benzene rings is 2. The molecule has 0 bridgehead atoms. The van der Waals surface area contributed by atoms with Crippen LogP contribution in [-0.2, 0) is 11.2 Å². The Morgan fingerprint density at radius 2 is 1.61 bits per heavy atom. The summed E-state index contributed by atoms with van der Waals surface area (Å²) in [5.41, 5.74) is 6.90. The summed E-state index contributed by atoms with van der Waals surface area (Å²) < 4.78 is 0. The minimum absolute atomic E-state index is 0.716. The Hall–Kier alpha value is -1.67. The van der Waals surface area contributed by atoms with Crippen LogP contribution in [0.25, 0.3) is 10.8 Å². The van der Waals surface area contributed by atoms with Crippen LogP contribution in [0.15, 0.2) is 42.5 Å². The largest absolute Gasteiger partial charge is 0.330 e. The molecule has 0 aromatic heterocycles. The van der Waals surface area contributed by atoms with Crippen LogP contribution in [0.5, 0.6) is 0 Å². The van der Waals surface area contributed by atoms with E-state index in [4.69, 9.17) is 10.5 Å². The van der Waals surface area contributed by atoms with Gasteiger partial charge in [-0.15, -0.1) is 0 Å². The Balaban J connectivity index is 0.000000509. The molecule has 98 valence electrons. The minimum Gasteiger partial charge on any atom is -0.330 e. The molecule has 2 rings (SSSR count). The van der Waals surface area contributed by atoms with Gasteiger partial charge in [-0.25, -0.2) is 0 Å². The monoisotopic (exact) mass is 245 g/mol. The van der Waals surface area contributed by atoms with Crippen LogP contribution in [0, 0.1) is 0 Å². The van der Waals surface area contributed by atoms with Crippen LogP contribution < -0.4 is 5.73 Å². The van der Waals surface area contributed by atoms with Crippen molar-refractivity contribution in [3.8, 4) is 0 Å². The zero-order valence-electron chi connectivity index (χ0n) is 11.5. The van der Waals surface area contributed by atoms with E-state index in [0.29, 0.717) is 6.54 Å². The van der Waals surface area contributed by atoms with Crippen LogP contribution in [-0.4, -0.2) is 12.8 Å².